The first-order valence-corrected chi connectivity index (χ1v) is 8.77. The van der Waals surface area contributed by atoms with E-state index in [-0.39, 0.29) is 40.8 Å². The zero-order chi connectivity index (χ0) is 19.3. The van der Waals surface area contributed by atoms with Gasteiger partial charge in [-0.15, -0.1) is 0 Å². The van der Waals surface area contributed by atoms with Crippen LogP contribution in [0.25, 0.3) is 0 Å². The zero-order valence-electron chi connectivity index (χ0n) is 14.2. The molecule has 0 saturated heterocycles. The van der Waals surface area contributed by atoms with Crippen LogP contribution in [0.2, 0.25) is 15.1 Å². The molecule has 0 fully saturated rings. The van der Waals surface area contributed by atoms with Crippen molar-refractivity contribution in [2.24, 2.45) is 0 Å². The first kappa shape index (κ1) is 20.4. The van der Waals surface area contributed by atoms with E-state index in [0.29, 0.717) is 10.7 Å². The highest BCUT2D eigenvalue weighted by molar-refractivity contribution is 6.43. The number of hydrogen-bond acceptors (Lipinski definition) is 3. The lowest BCUT2D eigenvalue weighted by Crippen LogP contribution is -2.37. The minimum atomic E-state index is -0.383. The molecule has 2 aromatic carbocycles. The summed E-state index contributed by atoms with van der Waals surface area (Å²) in [6, 6.07) is 10.2. The van der Waals surface area contributed by atoms with Crippen molar-refractivity contribution in [1.29, 1.82) is 0 Å². The van der Waals surface area contributed by atoms with Gasteiger partial charge in [0.25, 0.3) is 5.91 Å². The summed E-state index contributed by atoms with van der Waals surface area (Å²) in [6.07, 6.45) is 0. The smallest absolute Gasteiger partial charge is 0.260 e. The fourth-order valence-electron chi connectivity index (χ4n) is 2.01. The molecular formula is C18H17Cl3N2O3. The number of nitrogens with one attached hydrogen (secondary N) is 1. The van der Waals surface area contributed by atoms with Crippen molar-refractivity contribution in [2.45, 2.75) is 6.92 Å². The van der Waals surface area contributed by atoms with Crippen molar-refractivity contribution in [3.8, 4) is 5.75 Å². The van der Waals surface area contributed by atoms with Gasteiger partial charge in [-0.25, -0.2) is 0 Å². The number of nitrogens with zero attached hydrogens (tertiary/aromatic N) is 1. The molecule has 138 valence electrons. The van der Waals surface area contributed by atoms with Crippen LogP contribution in [0.1, 0.15) is 5.56 Å². The molecule has 0 spiro atoms. The molecule has 0 bridgehead atoms. The molecule has 2 rings (SSSR count). The van der Waals surface area contributed by atoms with Crippen molar-refractivity contribution in [3.63, 3.8) is 0 Å². The lowest BCUT2D eigenvalue weighted by Gasteiger charge is -2.17. The fraction of sp³-hybridized carbons (Fsp3) is 0.222. The van der Waals surface area contributed by atoms with Gasteiger partial charge in [0.05, 0.1) is 21.6 Å². The van der Waals surface area contributed by atoms with Crippen molar-refractivity contribution in [1.82, 2.24) is 4.90 Å². The Balaban J connectivity index is 1.86. The SMILES string of the molecule is Cc1ccc(NC(=O)CN(C)C(=O)COc2cc(Cl)c(Cl)cc2Cl)cc1. The van der Waals surface area contributed by atoms with Gasteiger partial charge in [0, 0.05) is 18.8 Å². The maximum Gasteiger partial charge on any atom is 0.260 e. The van der Waals surface area contributed by atoms with E-state index in [1.807, 2.05) is 19.1 Å². The van der Waals surface area contributed by atoms with Gasteiger partial charge in [-0.1, -0.05) is 52.5 Å². The van der Waals surface area contributed by atoms with Gasteiger partial charge in [-0.05, 0) is 25.1 Å². The van der Waals surface area contributed by atoms with E-state index in [1.165, 1.54) is 24.1 Å². The van der Waals surface area contributed by atoms with Crippen molar-refractivity contribution >= 4 is 52.3 Å². The number of rotatable bonds is 6. The fourth-order valence-corrected chi connectivity index (χ4v) is 2.60. The van der Waals surface area contributed by atoms with E-state index in [2.05, 4.69) is 5.32 Å². The number of aryl methyl sites for hydroxylation is 1. The van der Waals surface area contributed by atoms with Gasteiger partial charge in [0.1, 0.15) is 5.75 Å². The molecule has 0 aliphatic carbocycles. The molecule has 0 unspecified atom stereocenters. The van der Waals surface area contributed by atoms with Crippen LogP contribution in [-0.2, 0) is 9.59 Å². The van der Waals surface area contributed by atoms with Crippen LogP contribution < -0.4 is 10.1 Å². The monoisotopic (exact) mass is 414 g/mol. The predicted molar refractivity (Wildman–Crippen MR) is 104 cm³/mol. The number of ether oxygens (including phenoxy) is 1. The van der Waals surface area contributed by atoms with E-state index in [9.17, 15) is 9.59 Å². The lowest BCUT2D eigenvalue weighted by atomic mass is 10.2. The minimum Gasteiger partial charge on any atom is -0.482 e. The van der Waals surface area contributed by atoms with Gasteiger partial charge in [0.15, 0.2) is 6.61 Å². The number of carbonyl (C=O) groups is 2. The Kier molecular flexibility index (Phi) is 7.14. The molecule has 0 aliphatic rings. The van der Waals surface area contributed by atoms with Crippen LogP contribution in [0, 0.1) is 6.92 Å². The quantitative estimate of drug-likeness (QED) is 0.710. The molecule has 0 radical (unpaired) electrons. The third-order valence-electron chi connectivity index (χ3n) is 3.47. The number of benzene rings is 2. The van der Waals surface area contributed by atoms with Crippen LogP contribution in [0.15, 0.2) is 36.4 Å². The molecule has 8 heteroatoms. The Bertz CT molecular complexity index is 810. The van der Waals surface area contributed by atoms with Crippen molar-refractivity contribution in [3.05, 3.63) is 57.0 Å². The first-order chi connectivity index (χ1) is 12.3. The molecule has 0 heterocycles. The van der Waals surface area contributed by atoms with Crippen LogP contribution in [0.4, 0.5) is 5.69 Å². The van der Waals surface area contributed by atoms with Gasteiger partial charge in [0.2, 0.25) is 5.91 Å². The molecule has 0 aromatic heterocycles. The average molecular weight is 416 g/mol. The first-order valence-electron chi connectivity index (χ1n) is 7.64. The van der Waals surface area contributed by atoms with Crippen LogP contribution in [0.5, 0.6) is 5.75 Å². The summed E-state index contributed by atoms with van der Waals surface area (Å²) in [5.41, 5.74) is 1.76. The highest BCUT2D eigenvalue weighted by Gasteiger charge is 2.15. The Morgan fingerprint density at radius 1 is 1.04 bits per heavy atom. The van der Waals surface area contributed by atoms with E-state index < -0.39 is 0 Å². The highest BCUT2D eigenvalue weighted by atomic mass is 35.5. The maximum absolute atomic E-state index is 12.1. The summed E-state index contributed by atoms with van der Waals surface area (Å²) in [6.45, 7) is 1.56. The topological polar surface area (TPSA) is 58.6 Å². The summed E-state index contributed by atoms with van der Waals surface area (Å²) in [5, 5.41) is 3.53. The van der Waals surface area contributed by atoms with Crippen LogP contribution >= 0.6 is 34.8 Å². The second kappa shape index (κ2) is 9.12. The Hall–Kier alpha value is -1.95. The molecule has 0 atom stereocenters. The van der Waals surface area contributed by atoms with E-state index >= 15 is 0 Å². The molecule has 5 nitrogen and oxygen atoms in total. The summed E-state index contributed by atoms with van der Waals surface area (Å²) in [4.78, 5) is 25.4. The van der Waals surface area contributed by atoms with Gasteiger partial charge >= 0.3 is 0 Å². The van der Waals surface area contributed by atoms with Crippen LogP contribution in [0.3, 0.4) is 0 Å². The second-order valence-electron chi connectivity index (χ2n) is 5.65. The molecular weight excluding hydrogens is 399 g/mol. The number of carbonyl (C=O) groups excluding carboxylic acids is 2. The third-order valence-corrected chi connectivity index (χ3v) is 4.49. The second-order valence-corrected chi connectivity index (χ2v) is 6.87. The summed E-state index contributed by atoms with van der Waals surface area (Å²) >= 11 is 17.7. The molecule has 0 aliphatic heterocycles. The Labute approximate surface area is 166 Å². The third kappa shape index (κ3) is 5.80. The number of halogens is 3. The molecule has 1 N–H and O–H groups in total. The molecule has 26 heavy (non-hydrogen) atoms. The summed E-state index contributed by atoms with van der Waals surface area (Å²) in [5.74, 6) is -0.449. The Morgan fingerprint density at radius 2 is 1.65 bits per heavy atom. The van der Waals surface area contributed by atoms with E-state index in [4.69, 9.17) is 39.5 Å². The number of likely N-dealkylation sites (N-methyl/N-ethyl adjacent to an activating group) is 1. The normalized spacial score (nSPS) is 10.3. The average Bonchev–Trinajstić information content (AvgIpc) is 2.58. The molecule has 2 aromatic rings. The molecule has 2 amide bonds. The van der Waals surface area contributed by atoms with Gasteiger partial charge < -0.3 is 15.0 Å². The van der Waals surface area contributed by atoms with E-state index in [0.717, 1.165) is 5.56 Å². The van der Waals surface area contributed by atoms with Gasteiger partial charge in [-0.2, -0.15) is 0 Å². The minimum absolute atomic E-state index is 0.106. The predicted octanol–water partition coefficient (Wildman–Crippen LogP) is 4.43. The van der Waals surface area contributed by atoms with Crippen molar-refractivity contribution < 1.29 is 14.3 Å². The summed E-state index contributed by atoms with van der Waals surface area (Å²) in [7, 11) is 1.51. The Morgan fingerprint density at radius 3 is 2.31 bits per heavy atom. The standard InChI is InChI=1S/C18H17Cl3N2O3/c1-11-3-5-12(6-4-11)22-17(24)9-23(2)18(25)10-26-16-8-14(20)13(19)7-15(16)21/h3-8H,9-10H2,1-2H3,(H,22,24). The zero-order valence-corrected chi connectivity index (χ0v) is 16.5. The number of anilines is 1. The summed E-state index contributed by atoms with van der Waals surface area (Å²) < 4.78 is 5.37. The number of hydrogen-bond donors (Lipinski definition) is 1. The number of amides is 2. The maximum atomic E-state index is 12.1. The van der Waals surface area contributed by atoms with Crippen LogP contribution in [-0.4, -0.2) is 36.9 Å². The van der Waals surface area contributed by atoms with Gasteiger partial charge in [-0.3, -0.25) is 9.59 Å². The lowest BCUT2D eigenvalue weighted by molar-refractivity contribution is -0.135. The molecule has 0 saturated carbocycles. The largest absolute Gasteiger partial charge is 0.482 e. The van der Waals surface area contributed by atoms with E-state index in [1.54, 1.807) is 12.1 Å². The highest BCUT2D eigenvalue weighted by Crippen LogP contribution is 2.33. The van der Waals surface area contributed by atoms with Crippen molar-refractivity contribution in [2.75, 3.05) is 25.5 Å².